The third-order valence-corrected chi connectivity index (χ3v) is 3.60. The molecule has 1 aliphatic rings. The van der Waals surface area contributed by atoms with E-state index in [9.17, 15) is 22.8 Å². The molecule has 1 amide bonds. The summed E-state index contributed by atoms with van der Waals surface area (Å²) in [6.45, 7) is -0.525. The number of hydrogen-bond acceptors (Lipinski definition) is 2. The van der Waals surface area contributed by atoms with Gasteiger partial charge < -0.3 is 10.0 Å². The summed E-state index contributed by atoms with van der Waals surface area (Å²) >= 11 is 0. The maximum atomic E-state index is 12.6. The molecule has 1 saturated heterocycles. The van der Waals surface area contributed by atoms with Crippen LogP contribution in [-0.2, 0) is 9.59 Å². The lowest BCUT2D eigenvalue weighted by molar-refractivity contribution is -0.188. The van der Waals surface area contributed by atoms with E-state index >= 15 is 0 Å². The second-order valence-electron chi connectivity index (χ2n) is 5.09. The van der Waals surface area contributed by atoms with Gasteiger partial charge in [-0.2, -0.15) is 13.2 Å². The minimum absolute atomic E-state index is 0.119. The lowest BCUT2D eigenvalue weighted by atomic mass is 9.84. The quantitative estimate of drug-likeness (QED) is 0.911. The number of likely N-dealkylation sites (tertiary alicyclic amines) is 1. The van der Waals surface area contributed by atoms with Crippen LogP contribution < -0.4 is 0 Å². The zero-order chi connectivity index (χ0) is 15.6. The highest BCUT2D eigenvalue weighted by molar-refractivity contribution is 5.83. The predicted molar refractivity (Wildman–Crippen MR) is 67.6 cm³/mol. The van der Waals surface area contributed by atoms with Crippen molar-refractivity contribution in [3.8, 4) is 0 Å². The van der Waals surface area contributed by atoms with Gasteiger partial charge in [-0.1, -0.05) is 30.3 Å². The number of carbonyl (C=O) groups is 2. The van der Waals surface area contributed by atoms with Gasteiger partial charge in [0, 0.05) is 19.0 Å². The Kier molecular flexibility index (Phi) is 4.20. The summed E-state index contributed by atoms with van der Waals surface area (Å²) < 4.78 is 37.7. The number of aliphatic carboxylic acids is 1. The number of carboxylic acids is 1. The Morgan fingerprint density at radius 1 is 1.14 bits per heavy atom. The normalized spacial score (nSPS) is 22.9. The average Bonchev–Trinajstić information content (AvgIpc) is 2.46. The second-order valence-corrected chi connectivity index (χ2v) is 5.09. The third kappa shape index (κ3) is 3.53. The maximum absolute atomic E-state index is 12.6. The van der Waals surface area contributed by atoms with E-state index in [1.54, 1.807) is 30.3 Å². The first kappa shape index (κ1) is 15.3. The van der Waals surface area contributed by atoms with Crippen LogP contribution in [0.25, 0.3) is 0 Å². The summed E-state index contributed by atoms with van der Waals surface area (Å²) in [7, 11) is 0. The Balaban J connectivity index is 2.24. The Labute approximate surface area is 119 Å². The first-order valence-electron chi connectivity index (χ1n) is 6.43. The van der Waals surface area contributed by atoms with Crippen LogP contribution in [0, 0.1) is 5.92 Å². The highest BCUT2D eigenvalue weighted by Gasteiger charge is 2.46. The Morgan fingerprint density at radius 2 is 1.76 bits per heavy atom. The van der Waals surface area contributed by atoms with Gasteiger partial charge in [0.25, 0.3) is 0 Å². The van der Waals surface area contributed by atoms with Crippen molar-refractivity contribution in [2.45, 2.75) is 18.5 Å². The van der Waals surface area contributed by atoms with Crippen molar-refractivity contribution in [2.75, 3.05) is 13.1 Å². The number of hydrogen-bond donors (Lipinski definition) is 1. The molecule has 0 spiro atoms. The molecule has 7 heteroatoms. The summed E-state index contributed by atoms with van der Waals surface area (Å²) in [5, 5.41) is 9.09. The number of piperidine rings is 1. The monoisotopic (exact) mass is 301 g/mol. The van der Waals surface area contributed by atoms with E-state index in [2.05, 4.69) is 0 Å². The summed E-state index contributed by atoms with van der Waals surface area (Å²) in [6, 6.07) is 8.68. The molecule has 1 aliphatic heterocycles. The number of carboxylic acid groups (broad SMARTS) is 1. The molecule has 114 valence electrons. The van der Waals surface area contributed by atoms with E-state index in [4.69, 9.17) is 5.11 Å². The van der Waals surface area contributed by atoms with Gasteiger partial charge >= 0.3 is 18.1 Å². The van der Waals surface area contributed by atoms with Crippen molar-refractivity contribution in [1.29, 1.82) is 0 Å². The van der Waals surface area contributed by atoms with Gasteiger partial charge in [-0.25, -0.2) is 0 Å². The SMILES string of the molecule is O=C(O)[C@H]1C[C@@H](c2ccccc2)CN(C(=O)C(F)(F)F)C1. The number of alkyl halides is 3. The molecule has 0 saturated carbocycles. The fourth-order valence-electron chi connectivity index (χ4n) is 2.59. The third-order valence-electron chi connectivity index (χ3n) is 3.60. The number of amides is 1. The molecular weight excluding hydrogens is 287 g/mol. The molecule has 1 heterocycles. The first-order valence-corrected chi connectivity index (χ1v) is 6.43. The molecule has 0 aromatic heterocycles. The first-order chi connectivity index (χ1) is 9.79. The van der Waals surface area contributed by atoms with Crippen molar-refractivity contribution < 1.29 is 27.9 Å². The molecule has 2 atom stereocenters. The molecule has 2 rings (SSSR count). The summed E-state index contributed by atoms with van der Waals surface area (Å²) in [5.41, 5.74) is 0.739. The average molecular weight is 301 g/mol. The highest BCUT2D eigenvalue weighted by Crippen LogP contribution is 2.32. The molecule has 1 aromatic carbocycles. The van der Waals surface area contributed by atoms with Gasteiger partial charge in [0.15, 0.2) is 0 Å². The molecule has 0 unspecified atom stereocenters. The Hall–Kier alpha value is -2.05. The summed E-state index contributed by atoms with van der Waals surface area (Å²) in [5.74, 6) is -4.56. The van der Waals surface area contributed by atoms with Gasteiger partial charge in [0.05, 0.1) is 5.92 Å². The molecule has 0 bridgehead atoms. The van der Waals surface area contributed by atoms with Crippen molar-refractivity contribution in [3.63, 3.8) is 0 Å². The number of benzene rings is 1. The van der Waals surface area contributed by atoms with Crippen molar-refractivity contribution in [1.82, 2.24) is 4.90 Å². The number of carbonyl (C=O) groups excluding carboxylic acids is 1. The van der Waals surface area contributed by atoms with E-state index < -0.39 is 36.4 Å². The second kappa shape index (κ2) is 5.75. The predicted octanol–water partition coefficient (Wildman–Crippen LogP) is 2.27. The van der Waals surface area contributed by atoms with Gasteiger partial charge in [-0.3, -0.25) is 9.59 Å². The van der Waals surface area contributed by atoms with Gasteiger partial charge in [-0.05, 0) is 12.0 Å². The van der Waals surface area contributed by atoms with Crippen LogP contribution >= 0.6 is 0 Å². The largest absolute Gasteiger partial charge is 0.481 e. The molecular formula is C14H14F3NO3. The van der Waals surface area contributed by atoms with Gasteiger partial charge in [0.2, 0.25) is 0 Å². The minimum atomic E-state index is -4.98. The smallest absolute Gasteiger partial charge is 0.471 e. The highest BCUT2D eigenvalue weighted by atomic mass is 19.4. The lowest BCUT2D eigenvalue weighted by Gasteiger charge is -2.36. The van der Waals surface area contributed by atoms with Crippen molar-refractivity contribution >= 4 is 11.9 Å². The molecule has 1 aromatic rings. The van der Waals surface area contributed by atoms with E-state index in [0.29, 0.717) is 4.90 Å². The fraction of sp³-hybridized carbons (Fsp3) is 0.429. The van der Waals surface area contributed by atoms with Gasteiger partial charge in [-0.15, -0.1) is 0 Å². The van der Waals surface area contributed by atoms with Crippen LogP contribution in [0.15, 0.2) is 30.3 Å². The van der Waals surface area contributed by atoms with E-state index in [-0.39, 0.29) is 13.0 Å². The van der Waals surface area contributed by atoms with Crippen LogP contribution in [0.5, 0.6) is 0 Å². The van der Waals surface area contributed by atoms with Crippen molar-refractivity contribution in [3.05, 3.63) is 35.9 Å². The molecule has 4 nitrogen and oxygen atoms in total. The van der Waals surface area contributed by atoms with E-state index in [0.717, 1.165) is 5.56 Å². The van der Waals surface area contributed by atoms with Crippen LogP contribution in [0.3, 0.4) is 0 Å². The minimum Gasteiger partial charge on any atom is -0.481 e. The van der Waals surface area contributed by atoms with Crippen LogP contribution in [0.4, 0.5) is 13.2 Å². The lowest BCUT2D eigenvalue weighted by Crippen LogP contribution is -2.50. The summed E-state index contributed by atoms with van der Waals surface area (Å²) in [6.07, 6.45) is -4.76. The number of halogens is 3. The maximum Gasteiger partial charge on any atom is 0.471 e. The molecule has 1 fully saturated rings. The summed E-state index contributed by atoms with van der Waals surface area (Å²) in [4.78, 5) is 23.1. The molecule has 1 N–H and O–H groups in total. The van der Waals surface area contributed by atoms with Crippen molar-refractivity contribution in [2.24, 2.45) is 5.92 Å². The number of rotatable bonds is 2. The number of nitrogens with zero attached hydrogens (tertiary/aromatic N) is 1. The van der Waals surface area contributed by atoms with Crippen LogP contribution in [-0.4, -0.2) is 41.1 Å². The topological polar surface area (TPSA) is 57.6 Å². The Bertz CT molecular complexity index is 530. The van der Waals surface area contributed by atoms with E-state index in [1.165, 1.54) is 0 Å². The van der Waals surface area contributed by atoms with Crippen LogP contribution in [0.1, 0.15) is 17.9 Å². The zero-order valence-corrected chi connectivity index (χ0v) is 11.0. The zero-order valence-electron chi connectivity index (χ0n) is 11.0. The molecule has 0 radical (unpaired) electrons. The molecule has 0 aliphatic carbocycles. The standard InChI is InChI=1S/C14H14F3NO3/c15-14(16,17)13(21)18-7-10(6-11(8-18)12(19)20)9-4-2-1-3-5-9/h1-5,10-11H,6-8H2,(H,19,20)/t10-,11+/m1/s1. The van der Waals surface area contributed by atoms with Gasteiger partial charge in [0.1, 0.15) is 0 Å². The fourth-order valence-corrected chi connectivity index (χ4v) is 2.59. The van der Waals surface area contributed by atoms with Crippen LogP contribution in [0.2, 0.25) is 0 Å². The molecule has 21 heavy (non-hydrogen) atoms. The Morgan fingerprint density at radius 3 is 2.29 bits per heavy atom. The van der Waals surface area contributed by atoms with E-state index in [1.807, 2.05) is 0 Å².